The van der Waals surface area contributed by atoms with Crippen molar-refractivity contribution in [3.63, 3.8) is 0 Å². The molecule has 2 heterocycles. The molecule has 0 amide bonds. The quantitative estimate of drug-likeness (QED) is 0.921. The van der Waals surface area contributed by atoms with Gasteiger partial charge in [-0.2, -0.15) is 0 Å². The molecule has 2 aromatic carbocycles. The molecule has 2 aromatic rings. The number of fused-ring (bicyclic) bond motifs is 3. The van der Waals surface area contributed by atoms with E-state index in [0.29, 0.717) is 11.8 Å². The lowest BCUT2D eigenvalue weighted by molar-refractivity contribution is 0.415. The van der Waals surface area contributed by atoms with Crippen LogP contribution in [0.1, 0.15) is 12.0 Å². The van der Waals surface area contributed by atoms with E-state index in [2.05, 4.69) is 28.4 Å². The Morgan fingerprint density at radius 1 is 1.17 bits per heavy atom. The summed E-state index contributed by atoms with van der Waals surface area (Å²) < 4.78 is 19.1. The predicted octanol–water partition coefficient (Wildman–Crippen LogP) is 3.23. The number of nitrogens with zero attached hydrogens (tertiary/aromatic N) is 1. The topological polar surface area (TPSA) is 24.5 Å². The number of hydrogen-bond acceptors (Lipinski definition) is 3. The summed E-state index contributed by atoms with van der Waals surface area (Å²) in [7, 11) is 1.63. The Bertz CT molecular complexity index is 731. The third-order valence-corrected chi connectivity index (χ3v) is 4.95. The van der Waals surface area contributed by atoms with Crippen LogP contribution in [-0.2, 0) is 6.42 Å². The molecule has 1 N–H and O–H groups in total. The van der Waals surface area contributed by atoms with Crippen molar-refractivity contribution in [1.82, 2.24) is 5.32 Å². The first-order valence-corrected chi connectivity index (χ1v) is 8.20. The minimum atomic E-state index is -0.238. The fourth-order valence-corrected chi connectivity index (χ4v) is 3.79. The molecule has 0 bridgehead atoms. The molecule has 1 saturated heterocycles. The standard InChI is InChI=1S/C19H21FN2O/c1-23-19-5-4-15(20)12-17(19)13-2-3-14-10-16-6-7-21-8-9-22(16)18(14)11-13/h2-5,11-12,16,21H,6-10H2,1H3. The molecule has 0 radical (unpaired) electrons. The third kappa shape index (κ3) is 2.57. The maximum Gasteiger partial charge on any atom is 0.126 e. The summed E-state index contributed by atoms with van der Waals surface area (Å²) in [5.41, 5.74) is 4.52. The maximum atomic E-state index is 13.7. The number of rotatable bonds is 2. The maximum absolute atomic E-state index is 13.7. The van der Waals surface area contributed by atoms with Gasteiger partial charge in [-0.05, 0) is 54.8 Å². The first kappa shape index (κ1) is 14.5. The summed E-state index contributed by atoms with van der Waals surface area (Å²) in [4.78, 5) is 2.50. The zero-order chi connectivity index (χ0) is 15.8. The van der Waals surface area contributed by atoms with Crippen molar-refractivity contribution in [3.05, 3.63) is 47.8 Å². The zero-order valence-corrected chi connectivity index (χ0v) is 13.3. The molecule has 3 nitrogen and oxygen atoms in total. The fourth-order valence-electron chi connectivity index (χ4n) is 3.79. The highest BCUT2D eigenvalue weighted by Gasteiger charge is 2.30. The van der Waals surface area contributed by atoms with E-state index in [1.54, 1.807) is 19.2 Å². The van der Waals surface area contributed by atoms with Gasteiger partial charge in [-0.25, -0.2) is 4.39 Å². The van der Waals surface area contributed by atoms with Gasteiger partial charge < -0.3 is 15.0 Å². The van der Waals surface area contributed by atoms with Gasteiger partial charge in [0.1, 0.15) is 11.6 Å². The van der Waals surface area contributed by atoms with Gasteiger partial charge in [0.15, 0.2) is 0 Å². The molecule has 0 aliphatic carbocycles. The lowest BCUT2D eigenvalue weighted by atomic mass is 10.0. The first-order valence-electron chi connectivity index (χ1n) is 8.20. The van der Waals surface area contributed by atoms with E-state index in [0.717, 1.165) is 37.2 Å². The van der Waals surface area contributed by atoms with Crippen LogP contribution >= 0.6 is 0 Å². The van der Waals surface area contributed by atoms with Crippen molar-refractivity contribution >= 4 is 5.69 Å². The monoisotopic (exact) mass is 312 g/mol. The summed E-state index contributed by atoms with van der Waals surface area (Å²) in [5.74, 6) is 0.469. The van der Waals surface area contributed by atoms with Crippen LogP contribution in [0.15, 0.2) is 36.4 Å². The van der Waals surface area contributed by atoms with Crippen LogP contribution in [-0.4, -0.2) is 32.8 Å². The normalized spacial score (nSPS) is 19.9. The van der Waals surface area contributed by atoms with Crippen molar-refractivity contribution in [1.29, 1.82) is 0 Å². The second kappa shape index (κ2) is 5.85. The van der Waals surface area contributed by atoms with Crippen LogP contribution in [0.25, 0.3) is 11.1 Å². The van der Waals surface area contributed by atoms with E-state index in [4.69, 9.17) is 4.74 Å². The highest BCUT2D eigenvalue weighted by molar-refractivity contribution is 5.76. The van der Waals surface area contributed by atoms with Gasteiger partial charge >= 0.3 is 0 Å². The summed E-state index contributed by atoms with van der Waals surface area (Å²) in [6.07, 6.45) is 2.28. The van der Waals surface area contributed by atoms with Crippen LogP contribution in [0.3, 0.4) is 0 Å². The van der Waals surface area contributed by atoms with Gasteiger partial charge in [0.2, 0.25) is 0 Å². The van der Waals surface area contributed by atoms with Crippen LogP contribution in [0.5, 0.6) is 5.75 Å². The van der Waals surface area contributed by atoms with Crippen molar-refractivity contribution in [2.24, 2.45) is 0 Å². The summed E-state index contributed by atoms with van der Waals surface area (Å²) in [6, 6.07) is 11.7. The van der Waals surface area contributed by atoms with E-state index < -0.39 is 0 Å². The van der Waals surface area contributed by atoms with Crippen LogP contribution in [0.4, 0.5) is 10.1 Å². The minimum absolute atomic E-state index is 0.238. The Morgan fingerprint density at radius 3 is 2.96 bits per heavy atom. The van der Waals surface area contributed by atoms with E-state index in [1.807, 2.05) is 0 Å². The smallest absolute Gasteiger partial charge is 0.126 e. The Kier molecular flexibility index (Phi) is 3.69. The average molecular weight is 312 g/mol. The molecule has 4 rings (SSSR count). The summed E-state index contributed by atoms with van der Waals surface area (Å²) in [5, 5.41) is 3.47. The number of anilines is 1. The number of ether oxygens (including phenoxy) is 1. The Morgan fingerprint density at radius 2 is 2.09 bits per heavy atom. The zero-order valence-electron chi connectivity index (χ0n) is 13.3. The molecule has 0 saturated carbocycles. The number of halogens is 1. The van der Waals surface area contributed by atoms with Crippen LogP contribution < -0.4 is 15.0 Å². The third-order valence-electron chi connectivity index (χ3n) is 4.95. The van der Waals surface area contributed by atoms with Gasteiger partial charge in [0.25, 0.3) is 0 Å². The summed E-state index contributed by atoms with van der Waals surface area (Å²) in [6.45, 7) is 3.13. The SMILES string of the molecule is COc1ccc(F)cc1-c1ccc2c(c1)N1CCNCCC1C2. The Balaban J connectivity index is 1.76. The summed E-state index contributed by atoms with van der Waals surface area (Å²) >= 11 is 0. The minimum Gasteiger partial charge on any atom is -0.496 e. The molecule has 2 aliphatic rings. The molecule has 4 heteroatoms. The molecule has 1 atom stereocenters. The lowest BCUT2D eigenvalue weighted by Gasteiger charge is -2.25. The molecule has 0 aromatic heterocycles. The second-order valence-corrected chi connectivity index (χ2v) is 6.28. The molecule has 2 aliphatic heterocycles. The van der Waals surface area contributed by atoms with Gasteiger partial charge in [0, 0.05) is 30.4 Å². The van der Waals surface area contributed by atoms with Crippen molar-refractivity contribution in [2.45, 2.75) is 18.9 Å². The molecule has 1 unspecified atom stereocenters. The Hall–Kier alpha value is -2.07. The molecule has 120 valence electrons. The first-order chi connectivity index (χ1) is 11.3. The number of benzene rings is 2. The van der Waals surface area contributed by atoms with Crippen molar-refractivity contribution in [3.8, 4) is 16.9 Å². The van der Waals surface area contributed by atoms with Gasteiger partial charge in [0.05, 0.1) is 7.11 Å². The molecular weight excluding hydrogens is 291 g/mol. The van der Waals surface area contributed by atoms with Gasteiger partial charge in [-0.3, -0.25) is 0 Å². The predicted molar refractivity (Wildman–Crippen MR) is 90.7 cm³/mol. The molecular formula is C19H21FN2O. The van der Waals surface area contributed by atoms with Gasteiger partial charge in [-0.15, -0.1) is 0 Å². The Labute approximate surface area is 136 Å². The van der Waals surface area contributed by atoms with E-state index in [9.17, 15) is 4.39 Å². The van der Waals surface area contributed by atoms with Crippen molar-refractivity contribution < 1.29 is 9.13 Å². The van der Waals surface area contributed by atoms with Crippen molar-refractivity contribution in [2.75, 3.05) is 31.6 Å². The van der Waals surface area contributed by atoms with E-state index in [-0.39, 0.29) is 5.82 Å². The van der Waals surface area contributed by atoms with Gasteiger partial charge in [-0.1, -0.05) is 12.1 Å². The lowest BCUT2D eigenvalue weighted by Crippen LogP contribution is -2.32. The average Bonchev–Trinajstić information content (AvgIpc) is 2.75. The fraction of sp³-hybridized carbons (Fsp3) is 0.368. The number of nitrogens with one attached hydrogen (secondary N) is 1. The molecule has 1 fully saturated rings. The highest BCUT2D eigenvalue weighted by Crippen LogP contribution is 2.39. The molecule has 0 spiro atoms. The molecule has 23 heavy (non-hydrogen) atoms. The second-order valence-electron chi connectivity index (χ2n) is 6.28. The largest absolute Gasteiger partial charge is 0.496 e. The van der Waals surface area contributed by atoms with Crippen LogP contribution in [0.2, 0.25) is 0 Å². The highest BCUT2D eigenvalue weighted by atomic mass is 19.1. The van der Waals surface area contributed by atoms with E-state index >= 15 is 0 Å². The number of methoxy groups -OCH3 is 1. The van der Waals surface area contributed by atoms with E-state index in [1.165, 1.54) is 23.7 Å². The number of hydrogen-bond donors (Lipinski definition) is 1. The van der Waals surface area contributed by atoms with Crippen LogP contribution in [0, 0.1) is 5.82 Å².